The van der Waals surface area contributed by atoms with Crippen molar-refractivity contribution in [2.75, 3.05) is 22.5 Å². The van der Waals surface area contributed by atoms with Crippen molar-refractivity contribution in [2.24, 2.45) is 5.92 Å². The number of halogens is 3. The zero-order chi connectivity index (χ0) is 24.8. The number of allylic oxidation sites excluding steroid dienone is 2. The number of hydrogen-bond acceptors (Lipinski definition) is 5. The van der Waals surface area contributed by atoms with Crippen LogP contribution in [0.1, 0.15) is 24.8 Å². The summed E-state index contributed by atoms with van der Waals surface area (Å²) in [5, 5.41) is 12.2. The summed E-state index contributed by atoms with van der Waals surface area (Å²) in [6.07, 6.45) is 4.35. The lowest BCUT2D eigenvalue weighted by Crippen LogP contribution is -2.24. The number of nitrogens with one attached hydrogen (secondary N) is 3. The highest BCUT2D eigenvalue weighted by Crippen LogP contribution is 2.33. The quantitative estimate of drug-likeness (QED) is 0.405. The Hall–Kier alpha value is -4.15. The fourth-order valence-corrected chi connectivity index (χ4v) is 3.77. The maximum atomic E-state index is 13.2. The van der Waals surface area contributed by atoms with Crippen molar-refractivity contribution in [2.45, 2.75) is 25.4 Å². The molecule has 1 aliphatic carbocycles. The van der Waals surface area contributed by atoms with Crippen LogP contribution in [0.2, 0.25) is 0 Å². The number of aromatic nitrogens is 3. The lowest BCUT2D eigenvalue weighted by molar-refractivity contribution is -0.137. The van der Waals surface area contributed by atoms with Crippen molar-refractivity contribution in [3.05, 3.63) is 72.8 Å². The third-order valence-corrected chi connectivity index (χ3v) is 5.46. The predicted molar refractivity (Wildman–Crippen MR) is 125 cm³/mol. The van der Waals surface area contributed by atoms with Crippen molar-refractivity contribution >= 4 is 28.9 Å². The van der Waals surface area contributed by atoms with Crippen LogP contribution in [0.5, 0.6) is 0 Å². The molecule has 11 heteroatoms. The van der Waals surface area contributed by atoms with Crippen LogP contribution in [0.25, 0.3) is 5.69 Å². The SMILES string of the molecule is O=C(CC1C=CCC1)Nc1ccccc1NCC(=O)Nc1cc(C(F)(F)F)ccc1-n1cncn1. The Labute approximate surface area is 199 Å². The lowest BCUT2D eigenvalue weighted by atomic mass is 10.0. The minimum absolute atomic E-state index is 0.0664. The number of alkyl halides is 3. The number of amides is 2. The number of rotatable bonds is 8. The molecule has 2 aromatic carbocycles. The summed E-state index contributed by atoms with van der Waals surface area (Å²) < 4.78 is 40.9. The third-order valence-electron chi connectivity index (χ3n) is 5.46. The topological polar surface area (TPSA) is 101 Å². The maximum absolute atomic E-state index is 13.2. The van der Waals surface area contributed by atoms with Crippen molar-refractivity contribution in [3.8, 4) is 5.69 Å². The van der Waals surface area contributed by atoms with E-state index >= 15 is 0 Å². The molecule has 2 amide bonds. The second kappa shape index (κ2) is 10.4. The van der Waals surface area contributed by atoms with E-state index in [1.165, 1.54) is 23.4 Å². The van der Waals surface area contributed by atoms with Gasteiger partial charge in [-0.15, -0.1) is 0 Å². The summed E-state index contributed by atoms with van der Waals surface area (Å²) in [5.41, 5.74) is 0.281. The van der Waals surface area contributed by atoms with Gasteiger partial charge in [-0.3, -0.25) is 9.59 Å². The molecule has 0 spiro atoms. The Morgan fingerprint density at radius 2 is 1.80 bits per heavy atom. The fourth-order valence-electron chi connectivity index (χ4n) is 3.77. The summed E-state index contributed by atoms with van der Waals surface area (Å²) in [4.78, 5) is 28.8. The summed E-state index contributed by atoms with van der Waals surface area (Å²) in [7, 11) is 0. The number of anilines is 3. The minimum Gasteiger partial charge on any atom is -0.374 e. The van der Waals surface area contributed by atoms with E-state index in [0.717, 1.165) is 25.0 Å². The standard InChI is InChI=1S/C24H23F3N6O2/c25-24(26,27)17-9-10-21(33-15-28-14-30-33)20(12-17)32-23(35)13-29-18-7-3-4-8-19(18)31-22(34)11-16-5-1-2-6-16/h1,3-5,7-10,12,14-16,29H,2,6,11,13H2,(H,31,34)(H,32,35). The van der Waals surface area contributed by atoms with Gasteiger partial charge in [0.05, 0.1) is 34.9 Å². The van der Waals surface area contributed by atoms with Crippen molar-refractivity contribution in [1.29, 1.82) is 0 Å². The predicted octanol–water partition coefficient (Wildman–Crippen LogP) is 4.63. The smallest absolute Gasteiger partial charge is 0.374 e. The number of para-hydroxylation sites is 2. The first-order valence-electron chi connectivity index (χ1n) is 10.9. The minimum atomic E-state index is -4.58. The molecule has 0 radical (unpaired) electrons. The van der Waals surface area contributed by atoms with Crippen LogP contribution in [-0.4, -0.2) is 33.1 Å². The van der Waals surface area contributed by atoms with Crippen LogP contribution in [-0.2, 0) is 15.8 Å². The zero-order valence-electron chi connectivity index (χ0n) is 18.5. The molecular formula is C24H23F3N6O2. The van der Waals surface area contributed by atoms with Gasteiger partial charge in [-0.25, -0.2) is 9.67 Å². The van der Waals surface area contributed by atoms with Gasteiger partial charge in [0.25, 0.3) is 0 Å². The molecule has 182 valence electrons. The maximum Gasteiger partial charge on any atom is 0.416 e. The van der Waals surface area contributed by atoms with Crippen LogP contribution in [0.15, 0.2) is 67.3 Å². The Morgan fingerprint density at radius 3 is 2.49 bits per heavy atom. The van der Waals surface area contributed by atoms with Crippen LogP contribution >= 0.6 is 0 Å². The van der Waals surface area contributed by atoms with Gasteiger partial charge < -0.3 is 16.0 Å². The van der Waals surface area contributed by atoms with Gasteiger partial charge >= 0.3 is 6.18 Å². The van der Waals surface area contributed by atoms with Crippen molar-refractivity contribution in [1.82, 2.24) is 14.8 Å². The lowest BCUT2D eigenvalue weighted by Gasteiger charge is -2.16. The molecule has 0 bridgehead atoms. The molecule has 0 saturated carbocycles. The molecule has 3 N–H and O–H groups in total. The molecule has 1 heterocycles. The zero-order valence-corrected chi connectivity index (χ0v) is 18.5. The molecule has 0 saturated heterocycles. The van der Waals surface area contributed by atoms with E-state index in [2.05, 4.69) is 32.1 Å². The first kappa shape index (κ1) is 24.0. The Kier molecular flexibility index (Phi) is 7.14. The highest BCUT2D eigenvalue weighted by atomic mass is 19.4. The van der Waals surface area contributed by atoms with Crippen LogP contribution in [0.4, 0.5) is 30.2 Å². The van der Waals surface area contributed by atoms with E-state index in [4.69, 9.17) is 0 Å². The third kappa shape index (κ3) is 6.25. The van der Waals surface area contributed by atoms with Crippen molar-refractivity contribution in [3.63, 3.8) is 0 Å². The molecule has 3 aromatic rings. The van der Waals surface area contributed by atoms with E-state index in [1.54, 1.807) is 24.3 Å². The molecule has 1 atom stereocenters. The summed E-state index contributed by atoms with van der Waals surface area (Å²) in [5.74, 6) is -0.503. The first-order valence-corrected chi connectivity index (χ1v) is 10.9. The van der Waals surface area contributed by atoms with E-state index in [-0.39, 0.29) is 29.7 Å². The van der Waals surface area contributed by atoms with Gasteiger partial charge in [-0.05, 0) is 49.1 Å². The molecule has 1 aromatic heterocycles. The van der Waals surface area contributed by atoms with Gasteiger partial charge in [0, 0.05) is 6.42 Å². The summed E-state index contributed by atoms with van der Waals surface area (Å²) in [6, 6.07) is 9.87. The van der Waals surface area contributed by atoms with E-state index in [1.807, 2.05) is 6.08 Å². The van der Waals surface area contributed by atoms with Crippen molar-refractivity contribution < 1.29 is 22.8 Å². The Morgan fingerprint density at radius 1 is 1.03 bits per heavy atom. The Balaban J connectivity index is 1.43. The van der Waals surface area contributed by atoms with E-state index < -0.39 is 17.6 Å². The molecule has 0 aliphatic heterocycles. The molecule has 8 nitrogen and oxygen atoms in total. The van der Waals surface area contributed by atoms with Gasteiger partial charge in [-0.2, -0.15) is 18.3 Å². The molecule has 4 rings (SSSR count). The summed E-state index contributed by atoms with van der Waals surface area (Å²) >= 11 is 0. The number of carbonyl (C=O) groups is 2. The van der Waals surface area contributed by atoms with Gasteiger partial charge in [0.15, 0.2) is 0 Å². The Bertz CT molecular complexity index is 1220. The molecule has 1 unspecified atom stereocenters. The average Bonchev–Trinajstić information content (AvgIpc) is 3.52. The van der Waals surface area contributed by atoms with Gasteiger partial charge in [-0.1, -0.05) is 24.3 Å². The first-order chi connectivity index (χ1) is 16.8. The van der Waals surface area contributed by atoms with Gasteiger partial charge in [0.1, 0.15) is 12.7 Å². The average molecular weight is 484 g/mol. The van der Waals surface area contributed by atoms with E-state index in [0.29, 0.717) is 17.8 Å². The van der Waals surface area contributed by atoms with E-state index in [9.17, 15) is 22.8 Å². The number of benzene rings is 2. The number of carbonyl (C=O) groups excluding carboxylic acids is 2. The number of nitrogens with zero attached hydrogens (tertiary/aromatic N) is 3. The summed E-state index contributed by atoms with van der Waals surface area (Å²) in [6.45, 7) is -0.245. The fraction of sp³-hybridized carbons (Fsp3) is 0.250. The molecule has 0 fully saturated rings. The van der Waals surface area contributed by atoms with Crippen LogP contribution in [0, 0.1) is 5.92 Å². The normalized spacial score (nSPS) is 15.1. The van der Waals surface area contributed by atoms with Crippen LogP contribution < -0.4 is 16.0 Å². The van der Waals surface area contributed by atoms with Crippen LogP contribution in [0.3, 0.4) is 0 Å². The molecule has 35 heavy (non-hydrogen) atoms. The monoisotopic (exact) mass is 484 g/mol. The highest BCUT2D eigenvalue weighted by molar-refractivity contribution is 5.98. The second-order valence-corrected chi connectivity index (χ2v) is 8.03. The second-order valence-electron chi connectivity index (χ2n) is 8.03. The van der Waals surface area contributed by atoms with Gasteiger partial charge in [0.2, 0.25) is 11.8 Å². The molecule has 1 aliphatic rings. The number of hydrogen-bond donors (Lipinski definition) is 3. The highest BCUT2D eigenvalue weighted by Gasteiger charge is 2.31. The molecular weight excluding hydrogens is 461 g/mol. The largest absolute Gasteiger partial charge is 0.416 e.